The lowest BCUT2D eigenvalue weighted by Gasteiger charge is -2.10. The van der Waals surface area contributed by atoms with Gasteiger partial charge in [0.15, 0.2) is 0 Å². The minimum Gasteiger partial charge on any atom is -0.399 e. The summed E-state index contributed by atoms with van der Waals surface area (Å²) in [5.74, 6) is 0. The van der Waals surface area contributed by atoms with Crippen LogP contribution in [0.4, 0.5) is 5.69 Å². The van der Waals surface area contributed by atoms with Crippen LogP contribution in [0, 0.1) is 0 Å². The monoisotopic (exact) mass is 190 g/mol. The summed E-state index contributed by atoms with van der Waals surface area (Å²) in [6.07, 6.45) is 1.82. The van der Waals surface area contributed by atoms with E-state index in [9.17, 15) is 0 Å². The molecule has 1 aromatic heterocycles. The first-order chi connectivity index (χ1) is 6.66. The van der Waals surface area contributed by atoms with Crippen molar-refractivity contribution in [2.75, 3.05) is 11.2 Å². The molecule has 0 fully saturated rings. The molecule has 3 N–H and O–H groups in total. The van der Waals surface area contributed by atoms with Crippen LogP contribution in [0.5, 0.6) is 0 Å². The Morgan fingerprint density at radius 3 is 2.93 bits per heavy atom. The predicted octanol–water partition coefficient (Wildman–Crippen LogP) is 1.57. The van der Waals surface area contributed by atoms with Gasteiger partial charge in [0.25, 0.3) is 0 Å². The Labute approximate surface area is 82.7 Å². The van der Waals surface area contributed by atoms with Crippen LogP contribution in [-0.2, 0) is 0 Å². The van der Waals surface area contributed by atoms with Gasteiger partial charge < -0.3 is 11.2 Å². The van der Waals surface area contributed by atoms with Gasteiger partial charge in [-0.3, -0.25) is 0 Å². The second-order valence-corrected chi connectivity index (χ2v) is 3.66. The minimum atomic E-state index is 0.347. The molecule has 0 aliphatic heterocycles. The number of aromatic nitrogens is 2. The lowest BCUT2D eigenvalue weighted by Crippen LogP contribution is -2.22. The van der Waals surface area contributed by atoms with Crippen molar-refractivity contribution in [1.82, 2.24) is 9.89 Å². The van der Waals surface area contributed by atoms with E-state index >= 15 is 0 Å². The Morgan fingerprint density at radius 1 is 1.43 bits per heavy atom. The molecule has 0 unspecified atom stereocenters. The first kappa shape index (κ1) is 8.87. The molecule has 0 aliphatic carbocycles. The molecule has 0 saturated heterocycles. The number of hydrogen-bond acceptors (Lipinski definition) is 3. The van der Waals surface area contributed by atoms with Gasteiger partial charge in [-0.25, -0.2) is 0 Å². The third kappa shape index (κ3) is 1.51. The van der Waals surface area contributed by atoms with E-state index < -0.39 is 0 Å². The summed E-state index contributed by atoms with van der Waals surface area (Å²) < 4.78 is 0. The lowest BCUT2D eigenvalue weighted by atomic mass is 10.2. The molecule has 4 heteroatoms. The Hall–Kier alpha value is -1.71. The van der Waals surface area contributed by atoms with Crippen LogP contribution >= 0.6 is 0 Å². The van der Waals surface area contributed by atoms with E-state index in [1.807, 2.05) is 24.4 Å². The SMILES string of the molecule is CC(C)Nn1ncc2ccc(N)cc21. The summed E-state index contributed by atoms with van der Waals surface area (Å²) in [4.78, 5) is 1.76. The molecule has 2 rings (SSSR count). The van der Waals surface area contributed by atoms with Crippen LogP contribution in [0.15, 0.2) is 24.4 Å². The Kier molecular flexibility index (Phi) is 2.04. The van der Waals surface area contributed by atoms with Crippen LogP contribution in [0.1, 0.15) is 13.8 Å². The number of nitrogens with zero attached hydrogens (tertiary/aromatic N) is 2. The average Bonchev–Trinajstić information content (AvgIpc) is 2.47. The fourth-order valence-electron chi connectivity index (χ4n) is 1.38. The first-order valence-electron chi connectivity index (χ1n) is 4.66. The molecule has 0 amide bonds. The van der Waals surface area contributed by atoms with Gasteiger partial charge >= 0.3 is 0 Å². The molecule has 0 radical (unpaired) electrons. The molecule has 1 heterocycles. The third-order valence-electron chi connectivity index (χ3n) is 1.98. The standard InChI is InChI=1S/C10H14N4/c1-7(2)13-14-10-5-9(11)4-3-8(10)6-12-14/h3-7,13H,11H2,1-2H3. The molecule has 0 aliphatic rings. The average molecular weight is 190 g/mol. The van der Waals surface area contributed by atoms with Crippen molar-refractivity contribution in [2.24, 2.45) is 0 Å². The van der Waals surface area contributed by atoms with Crippen LogP contribution in [-0.4, -0.2) is 15.9 Å². The fraction of sp³-hybridized carbons (Fsp3) is 0.300. The highest BCUT2D eigenvalue weighted by atomic mass is 15.6. The maximum absolute atomic E-state index is 5.71. The number of nitrogen functional groups attached to an aromatic ring is 1. The lowest BCUT2D eigenvalue weighted by molar-refractivity contribution is 0.686. The number of rotatable bonds is 2. The molecule has 0 saturated carbocycles. The summed E-state index contributed by atoms with van der Waals surface area (Å²) in [6, 6.07) is 6.11. The van der Waals surface area contributed by atoms with Gasteiger partial charge in [0, 0.05) is 17.1 Å². The van der Waals surface area contributed by atoms with E-state index in [4.69, 9.17) is 5.73 Å². The van der Waals surface area contributed by atoms with Crippen LogP contribution < -0.4 is 11.2 Å². The van der Waals surface area contributed by atoms with Crippen molar-refractivity contribution >= 4 is 16.6 Å². The largest absolute Gasteiger partial charge is 0.399 e. The number of nitrogens with two attached hydrogens (primary N) is 1. The summed E-state index contributed by atoms with van der Waals surface area (Å²) in [5, 5.41) is 5.32. The van der Waals surface area contributed by atoms with Gasteiger partial charge in [0.05, 0.1) is 11.7 Å². The van der Waals surface area contributed by atoms with E-state index in [0.717, 1.165) is 16.6 Å². The highest BCUT2D eigenvalue weighted by molar-refractivity contribution is 5.81. The van der Waals surface area contributed by atoms with Gasteiger partial charge in [0.1, 0.15) is 0 Å². The summed E-state index contributed by atoms with van der Waals surface area (Å²) in [7, 11) is 0. The van der Waals surface area contributed by atoms with E-state index in [1.54, 1.807) is 4.79 Å². The van der Waals surface area contributed by atoms with Gasteiger partial charge in [-0.1, -0.05) is 0 Å². The molecule has 14 heavy (non-hydrogen) atoms. The van der Waals surface area contributed by atoms with Gasteiger partial charge in [-0.2, -0.15) is 9.89 Å². The second-order valence-electron chi connectivity index (χ2n) is 3.66. The van der Waals surface area contributed by atoms with Crippen LogP contribution in [0.25, 0.3) is 10.9 Å². The van der Waals surface area contributed by atoms with Crippen molar-refractivity contribution in [3.05, 3.63) is 24.4 Å². The van der Waals surface area contributed by atoms with Crippen LogP contribution in [0.3, 0.4) is 0 Å². The molecule has 2 aromatic rings. The van der Waals surface area contributed by atoms with Crippen molar-refractivity contribution in [2.45, 2.75) is 19.9 Å². The molecule has 1 aromatic carbocycles. The highest BCUT2D eigenvalue weighted by Crippen LogP contribution is 2.15. The zero-order valence-electron chi connectivity index (χ0n) is 8.36. The molecule has 0 spiro atoms. The number of fused-ring (bicyclic) bond motifs is 1. The molecular formula is C10H14N4. The maximum atomic E-state index is 5.71. The predicted molar refractivity (Wildman–Crippen MR) is 58.6 cm³/mol. The van der Waals surface area contributed by atoms with Crippen molar-refractivity contribution < 1.29 is 0 Å². The van der Waals surface area contributed by atoms with Crippen LogP contribution in [0.2, 0.25) is 0 Å². The van der Waals surface area contributed by atoms with E-state index in [2.05, 4.69) is 24.4 Å². The maximum Gasteiger partial charge on any atom is 0.0938 e. The number of hydrogen-bond donors (Lipinski definition) is 2. The smallest absolute Gasteiger partial charge is 0.0938 e. The number of anilines is 1. The first-order valence-corrected chi connectivity index (χ1v) is 4.66. The summed E-state index contributed by atoms with van der Waals surface area (Å²) in [6.45, 7) is 4.14. The van der Waals surface area contributed by atoms with Gasteiger partial charge in [-0.15, -0.1) is 0 Å². The summed E-state index contributed by atoms with van der Waals surface area (Å²) in [5.41, 5.74) is 10.7. The van der Waals surface area contributed by atoms with Gasteiger partial charge in [0.2, 0.25) is 0 Å². The van der Waals surface area contributed by atoms with E-state index in [0.29, 0.717) is 6.04 Å². The quantitative estimate of drug-likeness (QED) is 0.707. The molecule has 0 bridgehead atoms. The topological polar surface area (TPSA) is 55.9 Å². The van der Waals surface area contributed by atoms with Gasteiger partial charge in [-0.05, 0) is 32.0 Å². The number of benzene rings is 1. The Bertz CT molecular complexity index is 444. The van der Waals surface area contributed by atoms with E-state index in [1.165, 1.54) is 0 Å². The number of nitrogens with one attached hydrogen (secondary N) is 1. The molecule has 74 valence electrons. The van der Waals surface area contributed by atoms with Crippen molar-refractivity contribution in [3.63, 3.8) is 0 Å². The second kappa shape index (κ2) is 3.21. The molecular weight excluding hydrogens is 176 g/mol. The molecule has 0 atom stereocenters. The zero-order valence-corrected chi connectivity index (χ0v) is 8.36. The van der Waals surface area contributed by atoms with Crippen molar-refractivity contribution in [3.8, 4) is 0 Å². The summed E-state index contributed by atoms with van der Waals surface area (Å²) >= 11 is 0. The minimum absolute atomic E-state index is 0.347. The molecule has 4 nitrogen and oxygen atoms in total. The third-order valence-corrected chi connectivity index (χ3v) is 1.98. The zero-order chi connectivity index (χ0) is 10.1. The normalized spacial score (nSPS) is 11.1. The highest BCUT2D eigenvalue weighted by Gasteiger charge is 2.02. The Balaban J connectivity index is 2.50. The van der Waals surface area contributed by atoms with E-state index in [-0.39, 0.29) is 0 Å². The fourth-order valence-corrected chi connectivity index (χ4v) is 1.38. The Morgan fingerprint density at radius 2 is 2.21 bits per heavy atom. The van der Waals surface area contributed by atoms with Crippen molar-refractivity contribution in [1.29, 1.82) is 0 Å².